The monoisotopic (exact) mass is 314 g/mol. The summed E-state index contributed by atoms with van der Waals surface area (Å²) in [5.74, 6) is -1.23. The van der Waals surface area contributed by atoms with Crippen LogP contribution in [0.5, 0.6) is 5.75 Å². The minimum atomic E-state index is -1.25. The summed E-state index contributed by atoms with van der Waals surface area (Å²) in [7, 11) is 1.47. The molecule has 1 aromatic rings. The van der Waals surface area contributed by atoms with Crippen molar-refractivity contribution in [3.8, 4) is 5.75 Å². The van der Waals surface area contributed by atoms with Gasteiger partial charge in [0.1, 0.15) is 11.8 Å². The molecule has 0 aliphatic heterocycles. The smallest absolute Gasteiger partial charge is 0.230 e. The minimum Gasteiger partial charge on any atom is -0.544 e. The predicted octanol–water partition coefficient (Wildman–Crippen LogP) is -0.231. The lowest BCUT2D eigenvalue weighted by Crippen LogP contribution is -2.93. The van der Waals surface area contributed by atoms with Crippen molar-refractivity contribution in [2.45, 2.75) is 25.8 Å². The first-order valence-electron chi connectivity index (χ1n) is 6.65. The molecular weight excluding hydrogens is 296 g/mol. The highest BCUT2D eigenvalue weighted by molar-refractivity contribution is 6.31. The van der Waals surface area contributed by atoms with Crippen molar-refractivity contribution >= 4 is 29.2 Å². The Bertz CT molecular complexity index is 508. The number of carbonyl (C=O) groups excluding carboxylic acids is 2. The highest BCUT2D eigenvalue weighted by atomic mass is 35.5. The van der Waals surface area contributed by atoms with E-state index >= 15 is 0 Å². The summed E-state index contributed by atoms with van der Waals surface area (Å²) in [4.78, 5) is 23.0. The molecule has 0 bridgehead atoms. The predicted molar refractivity (Wildman–Crippen MR) is 77.1 cm³/mol. The summed E-state index contributed by atoms with van der Waals surface area (Å²) in [6.45, 7) is 2.55. The number of carboxylic acids is 1. The Morgan fingerprint density at radius 2 is 2.19 bits per heavy atom. The Labute approximate surface area is 128 Å². The van der Waals surface area contributed by atoms with E-state index in [0.29, 0.717) is 23.0 Å². The summed E-state index contributed by atoms with van der Waals surface area (Å²) < 4.78 is 5.11. The summed E-state index contributed by atoms with van der Waals surface area (Å²) in [6, 6.07) is 3.89. The quantitative estimate of drug-likeness (QED) is 0.693. The SMILES string of the molecule is CCC[NH2+][C@H](CC(=O)Nc1cc(Cl)ccc1OC)C(=O)[O-]. The molecule has 1 atom stereocenters. The molecule has 0 saturated heterocycles. The fraction of sp³-hybridized carbons (Fsp3) is 0.429. The van der Waals surface area contributed by atoms with Crippen LogP contribution in [0.2, 0.25) is 5.02 Å². The fourth-order valence-corrected chi connectivity index (χ4v) is 1.98. The zero-order valence-corrected chi connectivity index (χ0v) is 12.8. The third kappa shape index (κ3) is 5.61. The number of carbonyl (C=O) groups is 2. The number of quaternary nitrogens is 1. The van der Waals surface area contributed by atoms with E-state index in [-0.39, 0.29) is 6.42 Å². The van der Waals surface area contributed by atoms with Crippen molar-refractivity contribution in [3.05, 3.63) is 23.2 Å². The van der Waals surface area contributed by atoms with E-state index in [1.54, 1.807) is 23.5 Å². The average Bonchev–Trinajstić information content (AvgIpc) is 2.43. The van der Waals surface area contributed by atoms with Crippen LogP contribution in [-0.2, 0) is 9.59 Å². The second kappa shape index (κ2) is 8.49. The van der Waals surface area contributed by atoms with E-state index < -0.39 is 17.9 Å². The van der Waals surface area contributed by atoms with Crippen LogP contribution in [0.1, 0.15) is 19.8 Å². The normalized spacial score (nSPS) is 11.8. The molecule has 3 N–H and O–H groups in total. The third-order valence-electron chi connectivity index (χ3n) is 2.88. The first kappa shape index (κ1) is 17.3. The van der Waals surface area contributed by atoms with Gasteiger partial charge in [-0.1, -0.05) is 18.5 Å². The number of anilines is 1. The van der Waals surface area contributed by atoms with E-state index in [9.17, 15) is 14.7 Å². The van der Waals surface area contributed by atoms with Crippen LogP contribution in [0.15, 0.2) is 18.2 Å². The molecule has 0 aromatic heterocycles. The number of hydrogen-bond donors (Lipinski definition) is 2. The first-order valence-corrected chi connectivity index (χ1v) is 7.03. The van der Waals surface area contributed by atoms with Gasteiger partial charge in [0.25, 0.3) is 0 Å². The minimum absolute atomic E-state index is 0.183. The van der Waals surface area contributed by atoms with Crippen molar-refractivity contribution in [1.82, 2.24) is 0 Å². The van der Waals surface area contributed by atoms with Gasteiger partial charge in [-0.25, -0.2) is 0 Å². The average molecular weight is 315 g/mol. The molecule has 0 spiro atoms. The van der Waals surface area contributed by atoms with E-state index in [0.717, 1.165) is 6.42 Å². The lowest BCUT2D eigenvalue weighted by molar-refractivity contribution is -0.682. The highest BCUT2D eigenvalue weighted by Crippen LogP contribution is 2.27. The van der Waals surface area contributed by atoms with Crippen molar-refractivity contribution in [3.63, 3.8) is 0 Å². The van der Waals surface area contributed by atoms with Gasteiger partial charge in [0.2, 0.25) is 5.91 Å². The molecule has 0 aliphatic rings. The molecule has 1 amide bonds. The number of benzene rings is 1. The van der Waals surface area contributed by atoms with Gasteiger partial charge in [-0.15, -0.1) is 0 Å². The molecule has 0 unspecified atom stereocenters. The first-order chi connectivity index (χ1) is 9.97. The molecule has 0 saturated carbocycles. The number of aliphatic carboxylic acids is 1. The van der Waals surface area contributed by atoms with Gasteiger partial charge in [-0.3, -0.25) is 4.79 Å². The van der Waals surface area contributed by atoms with Gasteiger partial charge in [0.15, 0.2) is 0 Å². The maximum absolute atomic E-state index is 11.9. The number of halogens is 1. The van der Waals surface area contributed by atoms with Gasteiger partial charge in [0.05, 0.1) is 31.7 Å². The summed E-state index contributed by atoms with van der Waals surface area (Å²) in [6.07, 6.45) is 0.630. The number of methoxy groups -OCH3 is 1. The van der Waals surface area contributed by atoms with Crippen molar-refractivity contribution in [1.29, 1.82) is 0 Å². The van der Waals surface area contributed by atoms with Crippen LogP contribution in [-0.4, -0.2) is 31.6 Å². The third-order valence-corrected chi connectivity index (χ3v) is 3.12. The van der Waals surface area contributed by atoms with Gasteiger partial charge in [-0.05, 0) is 24.6 Å². The van der Waals surface area contributed by atoms with Gasteiger partial charge >= 0.3 is 0 Å². The van der Waals surface area contributed by atoms with Crippen molar-refractivity contribution in [2.75, 3.05) is 19.0 Å². The molecule has 6 nitrogen and oxygen atoms in total. The Balaban J connectivity index is 2.71. The number of ether oxygens (including phenoxy) is 1. The summed E-state index contributed by atoms with van der Waals surface area (Å²) >= 11 is 5.86. The molecule has 0 radical (unpaired) electrons. The zero-order valence-electron chi connectivity index (χ0n) is 12.0. The van der Waals surface area contributed by atoms with Crippen LogP contribution in [0.3, 0.4) is 0 Å². The standard InChI is InChI=1S/C14H19ClN2O4/c1-3-6-16-11(14(19)20)8-13(18)17-10-7-9(15)4-5-12(10)21-2/h4-5,7,11,16H,3,6,8H2,1-2H3,(H,17,18)(H,19,20)/t11-/m1/s1. The Morgan fingerprint density at radius 1 is 1.48 bits per heavy atom. The Hall–Kier alpha value is -1.79. The van der Waals surface area contributed by atoms with Crippen LogP contribution < -0.4 is 20.5 Å². The molecular formula is C14H19ClN2O4. The molecule has 116 valence electrons. The Morgan fingerprint density at radius 3 is 2.76 bits per heavy atom. The number of hydrogen-bond acceptors (Lipinski definition) is 4. The molecule has 0 fully saturated rings. The van der Waals surface area contributed by atoms with Gasteiger partial charge in [0, 0.05) is 5.02 Å². The largest absolute Gasteiger partial charge is 0.544 e. The highest BCUT2D eigenvalue weighted by Gasteiger charge is 2.18. The van der Waals surface area contributed by atoms with Crippen LogP contribution in [0, 0.1) is 0 Å². The number of amides is 1. The van der Waals surface area contributed by atoms with Crippen LogP contribution >= 0.6 is 11.6 Å². The molecule has 7 heteroatoms. The second-order valence-corrected chi connectivity index (χ2v) is 4.98. The van der Waals surface area contributed by atoms with Crippen molar-refractivity contribution in [2.24, 2.45) is 0 Å². The lowest BCUT2D eigenvalue weighted by Gasteiger charge is -2.16. The molecule has 0 aliphatic carbocycles. The summed E-state index contributed by atoms with van der Waals surface area (Å²) in [5, 5.41) is 15.6. The van der Waals surface area contributed by atoms with E-state index in [2.05, 4.69) is 5.32 Å². The second-order valence-electron chi connectivity index (χ2n) is 4.55. The van der Waals surface area contributed by atoms with E-state index in [4.69, 9.17) is 16.3 Å². The molecule has 1 rings (SSSR count). The molecule has 21 heavy (non-hydrogen) atoms. The lowest BCUT2D eigenvalue weighted by atomic mass is 10.2. The van der Waals surface area contributed by atoms with Gasteiger partial charge in [-0.2, -0.15) is 0 Å². The van der Waals surface area contributed by atoms with Gasteiger partial charge < -0.3 is 25.3 Å². The van der Waals surface area contributed by atoms with Crippen LogP contribution in [0.25, 0.3) is 0 Å². The van der Waals surface area contributed by atoms with Crippen molar-refractivity contribution < 1.29 is 24.7 Å². The van der Waals surface area contributed by atoms with E-state index in [1.807, 2.05) is 6.92 Å². The maximum atomic E-state index is 11.9. The molecule has 0 heterocycles. The topological polar surface area (TPSA) is 95.1 Å². The fourth-order valence-electron chi connectivity index (χ4n) is 1.81. The number of carboxylic acid groups (broad SMARTS) is 1. The summed E-state index contributed by atoms with van der Waals surface area (Å²) in [5.41, 5.74) is 0.405. The Kier molecular flexibility index (Phi) is 6.98. The van der Waals surface area contributed by atoms with E-state index in [1.165, 1.54) is 7.11 Å². The number of nitrogens with two attached hydrogens (primary N) is 1. The number of nitrogens with one attached hydrogen (secondary N) is 1. The zero-order chi connectivity index (χ0) is 15.8. The van der Waals surface area contributed by atoms with Crippen LogP contribution in [0.4, 0.5) is 5.69 Å². The molecule has 1 aromatic carbocycles. The number of rotatable bonds is 8. The maximum Gasteiger partial charge on any atom is 0.230 e.